The van der Waals surface area contributed by atoms with E-state index in [1.807, 2.05) is 41.9 Å². The van der Waals surface area contributed by atoms with E-state index in [4.69, 9.17) is 4.74 Å². The number of ether oxygens (including phenoxy) is 1. The van der Waals surface area contributed by atoms with Crippen LogP contribution >= 0.6 is 0 Å². The van der Waals surface area contributed by atoms with Crippen LogP contribution in [-0.2, 0) is 9.53 Å². The van der Waals surface area contributed by atoms with Gasteiger partial charge >= 0.3 is 5.97 Å². The van der Waals surface area contributed by atoms with Crippen molar-refractivity contribution in [3.63, 3.8) is 0 Å². The average molecular weight is 341 g/mol. The van der Waals surface area contributed by atoms with Crippen LogP contribution in [0.5, 0.6) is 0 Å². The van der Waals surface area contributed by atoms with E-state index in [0.29, 0.717) is 25.3 Å². The fourth-order valence-electron chi connectivity index (χ4n) is 3.18. The molecule has 1 amide bonds. The van der Waals surface area contributed by atoms with Crippen molar-refractivity contribution in [2.45, 2.75) is 26.7 Å². The summed E-state index contributed by atoms with van der Waals surface area (Å²) >= 11 is 0. The molecule has 1 saturated heterocycles. The van der Waals surface area contributed by atoms with E-state index in [2.05, 4.69) is 5.10 Å². The SMILES string of the molecule is CCOC(=O)[C@H]1CCCN(C(=O)c2ccc(-n3nccc3C)cc2)C1. The fourth-order valence-corrected chi connectivity index (χ4v) is 3.18. The Morgan fingerprint density at radius 3 is 2.64 bits per heavy atom. The number of likely N-dealkylation sites (tertiary alicyclic amines) is 1. The summed E-state index contributed by atoms with van der Waals surface area (Å²) in [5.74, 6) is -0.467. The Bertz CT molecular complexity index is 752. The standard InChI is InChI=1S/C19H23N3O3/c1-3-25-19(24)16-5-4-12-21(13-16)18(23)15-6-8-17(9-7-15)22-14(2)10-11-20-22/h6-11,16H,3-5,12-13H2,1-2H3/t16-/m0/s1. The molecule has 2 heterocycles. The lowest BCUT2D eigenvalue weighted by atomic mass is 9.97. The summed E-state index contributed by atoms with van der Waals surface area (Å²) in [5.41, 5.74) is 2.58. The van der Waals surface area contributed by atoms with Gasteiger partial charge in [0.1, 0.15) is 0 Å². The molecule has 0 aliphatic carbocycles. The number of carbonyl (C=O) groups is 2. The number of hydrogen-bond acceptors (Lipinski definition) is 4. The quantitative estimate of drug-likeness (QED) is 0.802. The molecule has 1 aromatic carbocycles. The van der Waals surface area contributed by atoms with Crippen LogP contribution in [0.1, 0.15) is 35.8 Å². The first-order valence-corrected chi connectivity index (χ1v) is 8.67. The highest BCUT2D eigenvalue weighted by molar-refractivity contribution is 5.94. The largest absolute Gasteiger partial charge is 0.466 e. The lowest BCUT2D eigenvalue weighted by molar-refractivity contribution is -0.149. The van der Waals surface area contributed by atoms with Gasteiger partial charge in [-0.3, -0.25) is 9.59 Å². The smallest absolute Gasteiger partial charge is 0.310 e. The minimum atomic E-state index is -0.219. The number of aromatic nitrogens is 2. The van der Waals surface area contributed by atoms with E-state index in [1.54, 1.807) is 18.0 Å². The number of hydrogen-bond donors (Lipinski definition) is 0. The van der Waals surface area contributed by atoms with E-state index in [-0.39, 0.29) is 17.8 Å². The van der Waals surface area contributed by atoms with Gasteiger partial charge in [-0.05, 0) is 57.0 Å². The summed E-state index contributed by atoms with van der Waals surface area (Å²) in [6.45, 7) is 5.26. The molecule has 0 spiro atoms. The number of rotatable bonds is 4. The van der Waals surface area contributed by atoms with Gasteiger partial charge in [-0.1, -0.05) is 0 Å². The third kappa shape index (κ3) is 3.73. The zero-order valence-electron chi connectivity index (χ0n) is 14.6. The maximum atomic E-state index is 12.7. The molecule has 1 atom stereocenters. The monoisotopic (exact) mass is 341 g/mol. The van der Waals surface area contributed by atoms with E-state index >= 15 is 0 Å². The first-order valence-electron chi connectivity index (χ1n) is 8.67. The Balaban J connectivity index is 1.70. The first kappa shape index (κ1) is 17.2. The zero-order chi connectivity index (χ0) is 17.8. The number of benzene rings is 1. The highest BCUT2D eigenvalue weighted by Crippen LogP contribution is 2.20. The van der Waals surface area contributed by atoms with Crippen LogP contribution in [0.3, 0.4) is 0 Å². The van der Waals surface area contributed by atoms with Crippen molar-refractivity contribution >= 4 is 11.9 Å². The summed E-state index contributed by atoms with van der Waals surface area (Å²) in [6.07, 6.45) is 3.34. The molecule has 132 valence electrons. The number of aryl methyl sites for hydroxylation is 1. The normalized spacial score (nSPS) is 17.4. The van der Waals surface area contributed by atoms with Gasteiger partial charge in [0.15, 0.2) is 0 Å². The molecule has 0 bridgehead atoms. The van der Waals surface area contributed by atoms with E-state index < -0.39 is 0 Å². The maximum absolute atomic E-state index is 12.7. The number of carbonyl (C=O) groups excluding carboxylic acids is 2. The molecule has 6 heteroatoms. The topological polar surface area (TPSA) is 64.4 Å². The number of nitrogens with zero attached hydrogens (tertiary/aromatic N) is 3. The molecule has 1 aliphatic rings. The molecule has 0 unspecified atom stereocenters. The molecule has 0 saturated carbocycles. The van der Waals surface area contributed by atoms with Gasteiger partial charge in [-0.25, -0.2) is 4.68 Å². The van der Waals surface area contributed by atoms with E-state index in [1.165, 1.54) is 0 Å². The molecule has 25 heavy (non-hydrogen) atoms. The molecular weight excluding hydrogens is 318 g/mol. The maximum Gasteiger partial charge on any atom is 0.310 e. The molecule has 0 radical (unpaired) electrons. The lowest BCUT2D eigenvalue weighted by Gasteiger charge is -2.31. The van der Waals surface area contributed by atoms with Crippen molar-refractivity contribution in [3.8, 4) is 5.69 Å². The molecule has 1 aliphatic heterocycles. The van der Waals surface area contributed by atoms with Crippen molar-refractivity contribution in [2.75, 3.05) is 19.7 Å². The second-order valence-corrected chi connectivity index (χ2v) is 6.27. The van der Waals surface area contributed by atoms with Crippen LogP contribution < -0.4 is 0 Å². The minimum absolute atomic E-state index is 0.0438. The Morgan fingerprint density at radius 1 is 1.24 bits per heavy atom. The molecule has 6 nitrogen and oxygen atoms in total. The predicted octanol–water partition coefficient (Wildman–Crippen LogP) is 2.60. The third-order valence-corrected chi connectivity index (χ3v) is 4.52. The third-order valence-electron chi connectivity index (χ3n) is 4.52. The fraction of sp³-hybridized carbons (Fsp3) is 0.421. The Kier molecular flexibility index (Phi) is 5.16. The molecule has 1 fully saturated rings. The summed E-state index contributed by atoms with van der Waals surface area (Å²) in [7, 11) is 0. The number of esters is 1. The van der Waals surface area contributed by atoms with E-state index in [9.17, 15) is 9.59 Å². The minimum Gasteiger partial charge on any atom is -0.466 e. The van der Waals surface area contributed by atoms with Crippen molar-refractivity contribution in [1.29, 1.82) is 0 Å². The van der Waals surface area contributed by atoms with Gasteiger partial charge in [0.05, 0.1) is 18.2 Å². The lowest BCUT2D eigenvalue weighted by Crippen LogP contribution is -2.42. The van der Waals surface area contributed by atoms with Gasteiger partial charge in [0, 0.05) is 30.5 Å². The van der Waals surface area contributed by atoms with Crippen LogP contribution in [0, 0.1) is 12.8 Å². The highest BCUT2D eigenvalue weighted by atomic mass is 16.5. The Hall–Kier alpha value is -2.63. The van der Waals surface area contributed by atoms with Crippen molar-refractivity contribution in [1.82, 2.24) is 14.7 Å². The van der Waals surface area contributed by atoms with Gasteiger partial charge in [0.2, 0.25) is 0 Å². The molecule has 2 aromatic rings. The molecule has 0 N–H and O–H groups in total. The predicted molar refractivity (Wildman–Crippen MR) is 93.6 cm³/mol. The van der Waals surface area contributed by atoms with Gasteiger partial charge in [0.25, 0.3) is 5.91 Å². The van der Waals surface area contributed by atoms with Crippen molar-refractivity contribution in [2.24, 2.45) is 5.92 Å². The number of piperidine rings is 1. The van der Waals surface area contributed by atoms with E-state index in [0.717, 1.165) is 24.2 Å². The summed E-state index contributed by atoms with van der Waals surface area (Å²) in [4.78, 5) is 26.4. The second kappa shape index (κ2) is 7.51. The average Bonchev–Trinajstić information content (AvgIpc) is 3.07. The summed E-state index contributed by atoms with van der Waals surface area (Å²) in [6, 6.07) is 9.34. The van der Waals surface area contributed by atoms with Crippen LogP contribution in [0.15, 0.2) is 36.5 Å². The molecule has 3 rings (SSSR count). The van der Waals surface area contributed by atoms with Crippen molar-refractivity contribution in [3.05, 3.63) is 47.8 Å². The second-order valence-electron chi connectivity index (χ2n) is 6.27. The van der Waals surface area contributed by atoms with Gasteiger partial charge < -0.3 is 9.64 Å². The van der Waals surface area contributed by atoms with Gasteiger partial charge in [-0.2, -0.15) is 5.10 Å². The summed E-state index contributed by atoms with van der Waals surface area (Å²) < 4.78 is 6.92. The highest BCUT2D eigenvalue weighted by Gasteiger charge is 2.29. The van der Waals surface area contributed by atoms with Crippen LogP contribution in [0.2, 0.25) is 0 Å². The van der Waals surface area contributed by atoms with Gasteiger partial charge in [-0.15, -0.1) is 0 Å². The van der Waals surface area contributed by atoms with Crippen LogP contribution in [-0.4, -0.2) is 46.3 Å². The zero-order valence-corrected chi connectivity index (χ0v) is 14.6. The molecule has 1 aromatic heterocycles. The summed E-state index contributed by atoms with van der Waals surface area (Å²) in [5, 5.41) is 4.27. The Labute approximate surface area is 147 Å². The van der Waals surface area contributed by atoms with Crippen LogP contribution in [0.25, 0.3) is 5.69 Å². The van der Waals surface area contributed by atoms with Crippen molar-refractivity contribution < 1.29 is 14.3 Å². The van der Waals surface area contributed by atoms with Crippen LogP contribution in [0.4, 0.5) is 0 Å². The molecular formula is C19H23N3O3. The number of amides is 1. The first-order chi connectivity index (χ1) is 12.1. The Morgan fingerprint density at radius 2 is 2.00 bits per heavy atom.